The molecule has 2 nitrogen and oxygen atoms in total. The zero-order valence-electron chi connectivity index (χ0n) is 15.4. The molecule has 0 bridgehead atoms. The molecule has 0 atom stereocenters. The van der Waals surface area contributed by atoms with E-state index < -0.39 is 0 Å². The molecule has 0 aliphatic heterocycles. The lowest BCUT2D eigenvalue weighted by Crippen LogP contribution is -1.97. The summed E-state index contributed by atoms with van der Waals surface area (Å²) < 4.78 is 5.35. The van der Waals surface area contributed by atoms with Crippen LogP contribution in [-0.4, -0.2) is 19.8 Å². The fourth-order valence-electron chi connectivity index (χ4n) is 2.97. The van der Waals surface area contributed by atoms with E-state index in [1.165, 1.54) is 103 Å². The summed E-state index contributed by atoms with van der Waals surface area (Å²) >= 11 is 0. The monoisotopic (exact) mass is 313 g/mol. The molecule has 0 saturated heterocycles. The number of nitrogens with two attached hydrogens (primary N) is 1. The van der Waals surface area contributed by atoms with Gasteiger partial charge >= 0.3 is 0 Å². The lowest BCUT2D eigenvalue weighted by atomic mass is 10.0. The summed E-state index contributed by atoms with van der Waals surface area (Å²) in [5.74, 6) is 0. The van der Waals surface area contributed by atoms with E-state index in [4.69, 9.17) is 10.5 Å². The first-order valence-corrected chi connectivity index (χ1v) is 10.2. The van der Waals surface area contributed by atoms with Crippen molar-refractivity contribution in [3.63, 3.8) is 0 Å². The van der Waals surface area contributed by atoms with Crippen LogP contribution in [0.5, 0.6) is 0 Å². The van der Waals surface area contributed by atoms with Crippen LogP contribution in [-0.2, 0) is 4.74 Å². The van der Waals surface area contributed by atoms with E-state index in [9.17, 15) is 0 Å². The van der Waals surface area contributed by atoms with Crippen LogP contribution >= 0.6 is 0 Å². The second-order valence-corrected chi connectivity index (χ2v) is 6.64. The molecular weight excluding hydrogens is 270 g/mol. The van der Waals surface area contributed by atoms with Gasteiger partial charge in [0.15, 0.2) is 0 Å². The van der Waals surface area contributed by atoms with Crippen molar-refractivity contribution in [1.29, 1.82) is 0 Å². The molecule has 134 valence electrons. The standard InChI is InChI=1S/C20H43NO/c1-2-22-20-18-16-14-12-10-8-6-4-3-5-7-9-11-13-15-17-19-21/h2-21H2,1H3. The normalized spacial score (nSPS) is 11.2. The Bertz CT molecular complexity index is 165. The highest BCUT2D eigenvalue weighted by Gasteiger charge is 1.94. The Hall–Kier alpha value is -0.0800. The molecule has 0 spiro atoms. The fourth-order valence-corrected chi connectivity index (χ4v) is 2.97. The van der Waals surface area contributed by atoms with Crippen LogP contribution in [0, 0.1) is 0 Å². The van der Waals surface area contributed by atoms with Crippen LogP contribution in [0.25, 0.3) is 0 Å². The van der Waals surface area contributed by atoms with E-state index in [1.807, 2.05) is 0 Å². The SMILES string of the molecule is CCOCCCCCCCCCCCCCCCCCCN. The maximum Gasteiger partial charge on any atom is 0.0465 e. The number of rotatable bonds is 19. The lowest BCUT2D eigenvalue weighted by molar-refractivity contribution is 0.143. The Balaban J connectivity index is 2.91. The minimum atomic E-state index is 0.868. The zero-order chi connectivity index (χ0) is 16.1. The number of hydrogen-bond donors (Lipinski definition) is 1. The van der Waals surface area contributed by atoms with E-state index in [2.05, 4.69) is 6.92 Å². The maximum atomic E-state index is 5.50. The summed E-state index contributed by atoms with van der Waals surface area (Å²) in [5, 5.41) is 0. The van der Waals surface area contributed by atoms with Crippen molar-refractivity contribution in [1.82, 2.24) is 0 Å². The van der Waals surface area contributed by atoms with Crippen molar-refractivity contribution in [2.45, 2.75) is 110 Å². The molecule has 0 aliphatic carbocycles. The van der Waals surface area contributed by atoms with Crippen LogP contribution in [0.2, 0.25) is 0 Å². The molecular formula is C20H43NO. The van der Waals surface area contributed by atoms with Crippen LogP contribution < -0.4 is 5.73 Å². The highest BCUT2D eigenvalue weighted by molar-refractivity contribution is 4.50. The first kappa shape index (κ1) is 21.9. The van der Waals surface area contributed by atoms with E-state index in [-0.39, 0.29) is 0 Å². The summed E-state index contributed by atoms with van der Waals surface area (Å²) in [4.78, 5) is 0. The van der Waals surface area contributed by atoms with Crippen LogP contribution in [0.4, 0.5) is 0 Å². The molecule has 0 aromatic rings. The van der Waals surface area contributed by atoms with Gasteiger partial charge in [-0.25, -0.2) is 0 Å². The van der Waals surface area contributed by atoms with Crippen molar-refractivity contribution >= 4 is 0 Å². The Morgan fingerprint density at radius 3 is 1.14 bits per heavy atom. The minimum Gasteiger partial charge on any atom is -0.382 e. The third kappa shape index (κ3) is 19.9. The molecule has 0 amide bonds. The summed E-state index contributed by atoms with van der Waals surface area (Å²) in [6.07, 6.45) is 22.4. The van der Waals surface area contributed by atoms with Gasteiger partial charge in [0, 0.05) is 13.2 Å². The Kier molecular flexibility index (Phi) is 20.8. The van der Waals surface area contributed by atoms with Gasteiger partial charge in [0.1, 0.15) is 0 Å². The Morgan fingerprint density at radius 1 is 0.500 bits per heavy atom. The number of ether oxygens (including phenoxy) is 1. The highest BCUT2D eigenvalue weighted by Crippen LogP contribution is 2.13. The molecule has 0 aliphatic rings. The molecule has 0 aromatic heterocycles. The predicted molar refractivity (Wildman–Crippen MR) is 99.4 cm³/mol. The fraction of sp³-hybridized carbons (Fsp3) is 1.00. The van der Waals surface area contributed by atoms with Gasteiger partial charge in [0.2, 0.25) is 0 Å². The highest BCUT2D eigenvalue weighted by atomic mass is 16.5. The quantitative estimate of drug-likeness (QED) is 0.287. The van der Waals surface area contributed by atoms with Gasteiger partial charge in [0.05, 0.1) is 0 Å². The molecule has 2 heteroatoms. The second-order valence-electron chi connectivity index (χ2n) is 6.64. The van der Waals surface area contributed by atoms with E-state index >= 15 is 0 Å². The summed E-state index contributed by atoms with van der Waals surface area (Å²) in [7, 11) is 0. The Morgan fingerprint density at radius 2 is 0.818 bits per heavy atom. The van der Waals surface area contributed by atoms with Crippen molar-refractivity contribution in [3.05, 3.63) is 0 Å². The largest absolute Gasteiger partial charge is 0.382 e. The molecule has 0 aromatic carbocycles. The summed E-state index contributed by atoms with van der Waals surface area (Å²) in [6, 6.07) is 0. The molecule has 0 heterocycles. The second kappa shape index (κ2) is 20.9. The van der Waals surface area contributed by atoms with Gasteiger partial charge in [-0.1, -0.05) is 89.9 Å². The smallest absolute Gasteiger partial charge is 0.0465 e. The summed E-state index contributed by atoms with van der Waals surface area (Å²) in [6.45, 7) is 4.77. The molecule has 0 rings (SSSR count). The molecule has 0 unspecified atom stereocenters. The number of hydrogen-bond acceptors (Lipinski definition) is 2. The average molecular weight is 314 g/mol. The van der Waals surface area contributed by atoms with Gasteiger partial charge in [-0.3, -0.25) is 0 Å². The third-order valence-corrected chi connectivity index (χ3v) is 4.45. The molecule has 2 N–H and O–H groups in total. The Labute approximate surface area is 140 Å². The van der Waals surface area contributed by atoms with Crippen molar-refractivity contribution < 1.29 is 4.74 Å². The van der Waals surface area contributed by atoms with E-state index in [0.717, 1.165) is 19.8 Å². The van der Waals surface area contributed by atoms with Gasteiger partial charge in [-0.05, 0) is 26.3 Å². The molecule has 0 radical (unpaired) electrons. The van der Waals surface area contributed by atoms with Gasteiger partial charge in [-0.2, -0.15) is 0 Å². The lowest BCUT2D eigenvalue weighted by Gasteiger charge is -2.04. The molecule has 0 saturated carbocycles. The van der Waals surface area contributed by atoms with Gasteiger partial charge < -0.3 is 10.5 Å². The third-order valence-electron chi connectivity index (χ3n) is 4.45. The first-order valence-electron chi connectivity index (χ1n) is 10.2. The predicted octanol–water partition coefficient (Wildman–Crippen LogP) is 6.22. The van der Waals surface area contributed by atoms with E-state index in [1.54, 1.807) is 0 Å². The van der Waals surface area contributed by atoms with Crippen molar-refractivity contribution in [3.8, 4) is 0 Å². The first-order chi connectivity index (χ1) is 10.9. The molecule has 0 fully saturated rings. The van der Waals surface area contributed by atoms with Gasteiger partial charge in [0.25, 0.3) is 0 Å². The van der Waals surface area contributed by atoms with Crippen LogP contribution in [0.3, 0.4) is 0 Å². The maximum absolute atomic E-state index is 5.50. The number of unbranched alkanes of at least 4 members (excludes halogenated alkanes) is 15. The van der Waals surface area contributed by atoms with Crippen molar-refractivity contribution in [2.24, 2.45) is 5.73 Å². The van der Waals surface area contributed by atoms with Gasteiger partial charge in [-0.15, -0.1) is 0 Å². The van der Waals surface area contributed by atoms with Crippen molar-refractivity contribution in [2.75, 3.05) is 19.8 Å². The minimum absolute atomic E-state index is 0.868. The molecule has 22 heavy (non-hydrogen) atoms. The zero-order valence-corrected chi connectivity index (χ0v) is 15.4. The van der Waals surface area contributed by atoms with Crippen LogP contribution in [0.15, 0.2) is 0 Å². The topological polar surface area (TPSA) is 35.2 Å². The summed E-state index contributed by atoms with van der Waals surface area (Å²) in [5.41, 5.74) is 5.50. The van der Waals surface area contributed by atoms with Crippen LogP contribution in [0.1, 0.15) is 110 Å². The average Bonchev–Trinajstić information content (AvgIpc) is 2.54. The van der Waals surface area contributed by atoms with E-state index in [0.29, 0.717) is 0 Å².